The number of benzene rings is 1. The molecule has 2 rings (SSSR count). The van der Waals surface area contributed by atoms with E-state index in [-0.39, 0.29) is 11.8 Å². The quantitative estimate of drug-likeness (QED) is 0.869. The lowest BCUT2D eigenvalue weighted by molar-refractivity contribution is -0.127. The maximum Gasteiger partial charge on any atom is 0.223 e. The van der Waals surface area contributed by atoms with Crippen LogP contribution >= 0.6 is 0 Å². The highest BCUT2D eigenvalue weighted by Crippen LogP contribution is 2.27. The molecule has 0 spiro atoms. The molecule has 1 N–H and O–H groups in total. The molecule has 0 bridgehead atoms. The third-order valence-corrected chi connectivity index (χ3v) is 3.42. The predicted molar refractivity (Wildman–Crippen MR) is 68.7 cm³/mol. The molecule has 1 aromatic carbocycles. The number of carbonyl (C=O) groups excluding carboxylic acids is 1. The third kappa shape index (κ3) is 2.75. The summed E-state index contributed by atoms with van der Waals surface area (Å²) >= 11 is 0. The van der Waals surface area contributed by atoms with E-state index in [1.54, 1.807) is 14.2 Å². The summed E-state index contributed by atoms with van der Waals surface area (Å²) in [5.41, 5.74) is 0.964. The summed E-state index contributed by atoms with van der Waals surface area (Å²) in [6, 6.07) is 5.61. The van der Waals surface area contributed by atoms with Crippen molar-refractivity contribution in [3.05, 3.63) is 23.8 Å². The number of methoxy groups -OCH3 is 2. The van der Waals surface area contributed by atoms with Crippen molar-refractivity contribution < 1.29 is 14.3 Å². The first-order valence-corrected chi connectivity index (χ1v) is 6.23. The van der Waals surface area contributed by atoms with Gasteiger partial charge in [0.2, 0.25) is 5.91 Å². The molecule has 1 aliphatic carbocycles. The topological polar surface area (TPSA) is 47.6 Å². The van der Waals surface area contributed by atoms with Crippen molar-refractivity contribution in [3.8, 4) is 11.5 Å². The normalized spacial score (nSPS) is 14.8. The zero-order valence-corrected chi connectivity index (χ0v) is 10.9. The first-order valence-electron chi connectivity index (χ1n) is 6.23. The first kappa shape index (κ1) is 12.7. The minimum Gasteiger partial charge on any atom is -0.497 e. The molecular formula is C14H19NO3. The fourth-order valence-electron chi connectivity index (χ4n) is 2.00. The van der Waals surface area contributed by atoms with Gasteiger partial charge in [0.15, 0.2) is 0 Å². The first-order chi connectivity index (χ1) is 8.74. The number of nitrogens with one attached hydrogen (secondary N) is 1. The van der Waals surface area contributed by atoms with Crippen molar-refractivity contribution in [2.45, 2.75) is 25.8 Å². The molecular weight excluding hydrogens is 230 g/mol. The Labute approximate surface area is 107 Å². The molecule has 1 fully saturated rings. The zero-order chi connectivity index (χ0) is 13.0. The molecule has 0 atom stereocenters. The van der Waals surface area contributed by atoms with E-state index in [0.717, 1.165) is 29.9 Å². The summed E-state index contributed by atoms with van der Waals surface area (Å²) in [6.45, 7) is 0.502. The van der Waals surface area contributed by atoms with Gasteiger partial charge in [-0.15, -0.1) is 0 Å². The number of amides is 1. The van der Waals surface area contributed by atoms with Crippen molar-refractivity contribution in [3.63, 3.8) is 0 Å². The zero-order valence-electron chi connectivity index (χ0n) is 10.9. The van der Waals surface area contributed by atoms with Crippen LogP contribution in [0, 0.1) is 5.92 Å². The highest BCUT2D eigenvalue weighted by atomic mass is 16.5. The minimum absolute atomic E-state index is 0.152. The summed E-state index contributed by atoms with van der Waals surface area (Å²) in [5, 5.41) is 2.95. The third-order valence-electron chi connectivity index (χ3n) is 3.42. The van der Waals surface area contributed by atoms with Gasteiger partial charge in [0.25, 0.3) is 0 Å². The van der Waals surface area contributed by atoms with Gasteiger partial charge in [-0.25, -0.2) is 0 Å². The standard InChI is InChI=1S/C14H19NO3/c1-17-12-7-6-11(13(8-12)18-2)9-15-14(16)10-4-3-5-10/h6-8,10H,3-5,9H2,1-2H3,(H,15,16). The molecule has 1 aliphatic rings. The Morgan fingerprint density at radius 2 is 2.11 bits per heavy atom. The van der Waals surface area contributed by atoms with Gasteiger partial charge in [0.05, 0.1) is 14.2 Å². The Morgan fingerprint density at radius 3 is 2.67 bits per heavy atom. The van der Waals surface area contributed by atoms with Crippen LogP contribution in [0.4, 0.5) is 0 Å². The molecule has 18 heavy (non-hydrogen) atoms. The Morgan fingerprint density at radius 1 is 1.33 bits per heavy atom. The van der Waals surface area contributed by atoms with Gasteiger partial charge in [-0.3, -0.25) is 4.79 Å². The second-order valence-electron chi connectivity index (χ2n) is 4.52. The summed E-state index contributed by atoms with van der Waals surface area (Å²) in [6.07, 6.45) is 3.21. The van der Waals surface area contributed by atoms with E-state index in [1.165, 1.54) is 6.42 Å². The van der Waals surface area contributed by atoms with Crippen LogP contribution in [0.5, 0.6) is 11.5 Å². The van der Waals surface area contributed by atoms with E-state index in [2.05, 4.69) is 5.32 Å². The average Bonchev–Trinajstić information content (AvgIpc) is 2.34. The predicted octanol–water partition coefficient (Wildman–Crippen LogP) is 2.12. The number of hydrogen-bond acceptors (Lipinski definition) is 3. The van der Waals surface area contributed by atoms with Crippen LogP contribution in [0.3, 0.4) is 0 Å². The van der Waals surface area contributed by atoms with E-state index >= 15 is 0 Å². The fourth-order valence-corrected chi connectivity index (χ4v) is 2.00. The van der Waals surface area contributed by atoms with Gasteiger partial charge in [0.1, 0.15) is 11.5 Å². The van der Waals surface area contributed by atoms with Crippen LogP contribution in [0.25, 0.3) is 0 Å². The number of rotatable bonds is 5. The second kappa shape index (κ2) is 5.76. The average molecular weight is 249 g/mol. The lowest BCUT2D eigenvalue weighted by Crippen LogP contribution is -2.34. The van der Waals surface area contributed by atoms with Gasteiger partial charge >= 0.3 is 0 Å². The Hall–Kier alpha value is -1.71. The molecule has 0 aliphatic heterocycles. The SMILES string of the molecule is COc1ccc(CNC(=O)C2CCC2)c(OC)c1. The molecule has 0 unspecified atom stereocenters. The highest BCUT2D eigenvalue weighted by molar-refractivity contribution is 5.79. The van der Waals surface area contributed by atoms with Crippen LogP contribution in [0.15, 0.2) is 18.2 Å². The second-order valence-corrected chi connectivity index (χ2v) is 4.52. The van der Waals surface area contributed by atoms with E-state index in [1.807, 2.05) is 18.2 Å². The molecule has 4 heteroatoms. The van der Waals surface area contributed by atoms with Crippen LogP contribution in [0.1, 0.15) is 24.8 Å². The van der Waals surface area contributed by atoms with Crippen molar-refractivity contribution in [1.82, 2.24) is 5.32 Å². The van der Waals surface area contributed by atoms with E-state index in [0.29, 0.717) is 6.54 Å². The Bertz CT molecular complexity index is 427. The molecule has 0 aromatic heterocycles. The van der Waals surface area contributed by atoms with Crippen LogP contribution < -0.4 is 14.8 Å². The minimum atomic E-state index is 0.152. The molecule has 0 saturated heterocycles. The van der Waals surface area contributed by atoms with Crippen molar-refractivity contribution in [2.75, 3.05) is 14.2 Å². The van der Waals surface area contributed by atoms with Crippen molar-refractivity contribution >= 4 is 5.91 Å². The van der Waals surface area contributed by atoms with Gasteiger partial charge in [-0.1, -0.05) is 6.42 Å². The van der Waals surface area contributed by atoms with Gasteiger partial charge < -0.3 is 14.8 Å². The van der Waals surface area contributed by atoms with Crippen molar-refractivity contribution in [2.24, 2.45) is 5.92 Å². The summed E-state index contributed by atoms with van der Waals surface area (Å²) in [5.74, 6) is 1.86. The fraction of sp³-hybridized carbons (Fsp3) is 0.500. The van der Waals surface area contributed by atoms with E-state index in [9.17, 15) is 4.79 Å². The van der Waals surface area contributed by atoms with Crippen LogP contribution in [-0.2, 0) is 11.3 Å². The van der Waals surface area contributed by atoms with Gasteiger partial charge in [-0.2, -0.15) is 0 Å². The lowest BCUT2D eigenvalue weighted by atomic mass is 9.85. The van der Waals surface area contributed by atoms with E-state index in [4.69, 9.17) is 9.47 Å². The van der Waals surface area contributed by atoms with Crippen LogP contribution in [-0.4, -0.2) is 20.1 Å². The Kier molecular flexibility index (Phi) is 4.07. The molecule has 98 valence electrons. The summed E-state index contributed by atoms with van der Waals surface area (Å²) in [4.78, 5) is 11.7. The lowest BCUT2D eigenvalue weighted by Gasteiger charge is -2.24. The maximum atomic E-state index is 11.7. The van der Waals surface area contributed by atoms with E-state index < -0.39 is 0 Å². The maximum absolute atomic E-state index is 11.7. The molecule has 1 saturated carbocycles. The monoisotopic (exact) mass is 249 g/mol. The largest absolute Gasteiger partial charge is 0.497 e. The van der Waals surface area contributed by atoms with Crippen LogP contribution in [0.2, 0.25) is 0 Å². The molecule has 4 nitrogen and oxygen atoms in total. The number of hydrogen-bond donors (Lipinski definition) is 1. The molecule has 1 aromatic rings. The highest BCUT2D eigenvalue weighted by Gasteiger charge is 2.24. The summed E-state index contributed by atoms with van der Waals surface area (Å²) < 4.78 is 10.4. The van der Waals surface area contributed by atoms with Gasteiger partial charge in [0, 0.05) is 24.1 Å². The van der Waals surface area contributed by atoms with Crippen molar-refractivity contribution in [1.29, 1.82) is 0 Å². The Balaban J connectivity index is 1.97. The molecule has 0 radical (unpaired) electrons. The molecule has 0 heterocycles. The number of ether oxygens (including phenoxy) is 2. The summed E-state index contributed by atoms with van der Waals surface area (Å²) in [7, 11) is 3.23. The molecule has 1 amide bonds. The smallest absolute Gasteiger partial charge is 0.223 e. The number of carbonyl (C=O) groups is 1. The van der Waals surface area contributed by atoms with Gasteiger partial charge in [-0.05, 0) is 25.0 Å².